The SMILES string of the molecule is CC=CCC1(CCC(C)C)C(=O)NC(=S)NC1=O.[Na]. The summed E-state index contributed by atoms with van der Waals surface area (Å²) in [7, 11) is 0. The first-order chi connectivity index (χ1) is 8.42. The van der Waals surface area contributed by atoms with Gasteiger partial charge in [0.05, 0.1) is 0 Å². The average Bonchev–Trinajstić information content (AvgIpc) is 2.27. The summed E-state index contributed by atoms with van der Waals surface area (Å²) in [4.78, 5) is 24.3. The molecule has 0 aromatic heterocycles. The van der Waals surface area contributed by atoms with Crippen molar-refractivity contribution in [3.63, 3.8) is 0 Å². The fourth-order valence-electron chi connectivity index (χ4n) is 1.95. The second kappa shape index (κ2) is 8.15. The van der Waals surface area contributed by atoms with Gasteiger partial charge in [-0.05, 0) is 44.3 Å². The molecule has 1 saturated heterocycles. The third kappa shape index (κ3) is 4.67. The molecule has 19 heavy (non-hydrogen) atoms. The van der Waals surface area contributed by atoms with Gasteiger partial charge < -0.3 is 10.6 Å². The molecule has 0 aromatic rings. The third-order valence-corrected chi connectivity index (χ3v) is 3.38. The van der Waals surface area contributed by atoms with Gasteiger partial charge in [0.1, 0.15) is 5.41 Å². The molecule has 6 heteroatoms. The number of rotatable bonds is 5. The number of hydrogen-bond donors (Lipinski definition) is 2. The van der Waals surface area contributed by atoms with E-state index in [0.717, 1.165) is 6.42 Å². The molecule has 0 unspecified atom stereocenters. The van der Waals surface area contributed by atoms with E-state index in [1.54, 1.807) is 0 Å². The Labute approximate surface area is 142 Å². The maximum atomic E-state index is 12.2. The van der Waals surface area contributed by atoms with Crippen molar-refractivity contribution in [2.45, 2.75) is 40.0 Å². The second-order valence-electron chi connectivity index (χ2n) is 5.03. The smallest absolute Gasteiger partial charge is 0.242 e. The average molecular weight is 291 g/mol. The number of allylic oxidation sites excluding steroid dienone is 2. The summed E-state index contributed by atoms with van der Waals surface area (Å²) in [6.07, 6.45) is 5.48. The van der Waals surface area contributed by atoms with Gasteiger partial charge in [-0.25, -0.2) is 0 Å². The Morgan fingerprint density at radius 3 is 2.21 bits per heavy atom. The fraction of sp³-hybridized carbons (Fsp3) is 0.615. The minimum Gasteiger partial charge on any atom is -0.302 e. The Kier molecular flexibility index (Phi) is 8.05. The van der Waals surface area contributed by atoms with Gasteiger partial charge in [0.15, 0.2) is 5.11 Å². The molecule has 1 fully saturated rings. The largest absolute Gasteiger partial charge is 0.302 e. The van der Waals surface area contributed by atoms with Crippen LogP contribution in [-0.4, -0.2) is 46.5 Å². The molecule has 1 rings (SSSR count). The monoisotopic (exact) mass is 291 g/mol. The van der Waals surface area contributed by atoms with Crippen LogP contribution in [0.3, 0.4) is 0 Å². The minimum absolute atomic E-state index is 0. The Morgan fingerprint density at radius 2 is 1.79 bits per heavy atom. The van der Waals surface area contributed by atoms with Crippen LogP contribution in [-0.2, 0) is 9.59 Å². The Hall–Kier alpha value is -0.230. The number of amides is 2. The summed E-state index contributed by atoms with van der Waals surface area (Å²) in [5.74, 6) is -0.119. The number of carbonyl (C=O) groups excluding carboxylic acids is 2. The summed E-state index contributed by atoms with van der Waals surface area (Å²) < 4.78 is 0. The standard InChI is InChI=1S/C13H20N2O2S.Na/c1-4-5-7-13(8-6-9(2)3)10(16)14-12(18)15-11(13)17;/h4-5,9H,6-8H2,1-3H3,(H2,14,15,16,17,18);. The van der Waals surface area contributed by atoms with Crippen LogP contribution in [0.15, 0.2) is 12.2 Å². The van der Waals surface area contributed by atoms with Gasteiger partial charge >= 0.3 is 0 Å². The van der Waals surface area contributed by atoms with Crippen molar-refractivity contribution in [2.24, 2.45) is 11.3 Å². The molecule has 1 heterocycles. The molecule has 1 aliphatic rings. The van der Waals surface area contributed by atoms with Gasteiger partial charge in [-0.15, -0.1) is 0 Å². The minimum atomic E-state index is -1.01. The van der Waals surface area contributed by atoms with E-state index < -0.39 is 5.41 Å². The molecule has 1 aliphatic heterocycles. The van der Waals surface area contributed by atoms with Gasteiger partial charge in [-0.2, -0.15) is 0 Å². The van der Waals surface area contributed by atoms with Crippen LogP contribution in [0.25, 0.3) is 0 Å². The molecule has 1 radical (unpaired) electrons. The maximum absolute atomic E-state index is 12.2. The van der Waals surface area contributed by atoms with Crippen LogP contribution in [0.2, 0.25) is 0 Å². The first kappa shape index (κ1) is 18.8. The second-order valence-corrected chi connectivity index (χ2v) is 5.43. The Balaban J connectivity index is 0.00000324. The zero-order valence-electron chi connectivity index (χ0n) is 12.1. The molecule has 0 aromatic carbocycles. The van der Waals surface area contributed by atoms with Gasteiger partial charge in [0.25, 0.3) is 0 Å². The molecule has 0 atom stereocenters. The van der Waals surface area contributed by atoms with Crippen molar-refractivity contribution in [1.82, 2.24) is 10.6 Å². The van der Waals surface area contributed by atoms with Crippen molar-refractivity contribution in [3.05, 3.63) is 12.2 Å². The topological polar surface area (TPSA) is 58.2 Å². The zero-order valence-corrected chi connectivity index (χ0v) is 14.9. The van der Waals surface area contributed by atoms with Crippen molar-refractivity contribution >= 4 is 58.7 Å². The Bertz CT molecular complexity index is 374. The summed E-state index contributed by atoms with van der Waals surface area (Å²) in [6.45, 7) is 6.03. The number of thiocarbonyl (C=S) groups is 1. The van der Waals surface area contributed by atoms with Crippen LogP contribution in [0.4, 0.5) is 0 Å². The van der Waals surface area contributed by atoms with E-state index in [2.05, 4.69) is 24.5 Å². The van der Waals surface area contributed by atoms with E-state index in [4.69, 9.17) is 12.2 Å². The molecule has 0 aliphatic carbocycles. The van der Waals surface area contributed by atoms with Crippen LogP contribution in [0.5, 0.6) is 0 Å². The van der Waals surface area contributed by atoms with Gasteiger partial charge in [-0.1, -0.05) is 26.0 Å². The maximum Gasteiger partial charge on any atom is 0.242 e. The molecule has 2 amide bonds. The molecule has 2 N–H and O–H groups in total. The van der Waals surface area contributed by atoms with Crippen molar-refractivity contribution in [3.8, 4) is 0 Å². The van der Waals surface area contributed by atoms with Crippen LogP contribution < -0.4 is 10.6 Å². The normalized spacial score (nSPS) is 18.2. The quantitative estimate of drug-likeness (QED) is 0.349. The third-order valence-electron chi connectivity index (χ3n) is 3.17. The fourth-order valence-corrected chi connectivity index (χ4v) is 2.13. The summed E-state index contributed by atoms with van der Waals surface area (Å²) in [6, 6.07) is 0. The molecule has 0 spiro atoms. The Morgan fingerprint density at radius 1 is 1.26 bits per heavy atom. The van der Waals surface area contributed by atoms with Gasteiger partial charge in [0, 0.05) is 29.6 Å². The molecule has 0 bridgehead atoms. The van der Waals surface area contributed by atoms with Crippen molar-refractivity contribution < 1.29 is 9.59 Å². The molecular weight excluding hydrogens is 271 g/mol. The van der Waals surface area contributed by atoms with E-state index in [1.165, 1.54) is 0 Å². The molecule has 101 valence electrons. The number of hydrogen-bond acceptors (Lipinski definition) is 3. The van der Waals surface area contributed by atoms with E-state index in [0.29, 0.717) is 18.8 Å². The van der Waals surface area contributed by atoms with E-state index in [-0.39, 0.29) is 46.5 Å². The van der Waals surface area contributed by atoms with E-state index in [1.807, 2.05) is 19.1 Å². The molecule has 4 nitrogen and oxygen atoms in total. The number of nitrogens with one attached hydrogen (secondary N) is 2. The van der Waals surface area contributed by atoms with E-state index >= 15 is 0 Å². The first-order valence-corrected chi connectivity index (χ1v) is 6.61. The molecular formula is C13H20N2NaO2S. The zero-order chi connectivity index (χ0) is 13.8. The first-order valence-electron chi connectivity index (χ1n) is 6.20. The van der Waals surface area contributed by atoms with Gasteiger partial charge in [-0.3, -0.25) is 9.59 Å². The van der Waals surface area contributed by atoms with Crippen LogP contribution in [0.1, 0.15) is 40.0 Å². The predicted molar refractivity (Wildman–Crippen MR) is 80.6 cm³/mol. The summed E-state index contributed by atoms with van der Waals surface area (Å²) >= 11 is 4.83. The van der Waals surface area contributed by atoms with E-state index in [9.17, 15) is 9.59 Å². The number of carbonyl (C=O) groups is 2. The molecule has 0 saturated carbocycles. The predicted octanol–water partition coefficient (Wildman–Crippen LogP) is 1.53. The van der Waals surface area contributed by atoms with Crippen molar-refractivity contribution in [1.29, 1.82) is 0 Å². The summed E-state index contributed by atoms with van der Waals surface area (Å²) in [5, 5.41) is 5.22. The van der Waals surface area contributed by atoms with Gasteiger partial charge in [0.2, 0.25) is 11.8 Å². The van der Waals surface area contributed by atoms with Crippen LogP contribution in [0, 0.1) is 11.3 Å². The van der Waals surface area contributed by atoms with Crippen LogP contribution >= 0.6 is 12.2 Å². The summed E-state index contributed by atoms with van der Waals surface area (Å²) in [5.41, 5.74) is -1.01. The van der Waals surface area contributed by atoms with Crippen molar-refractivity contribution in [2.75, 3.05) is 0 Å².